The molecule has 3 rings (SSSR count). The van der Waals surface area contributed by atoms with E-state index in [0.717, 1.165) is 0 Å². The van der Waals surface area contributed by atoms with Crippen LogP contribution in [-0.2, 0) is 14.2 Å². The van der Waals surface area contributed by atoms with Gasteiger partial charge in [0.15, 0.2) is 0 Å². The number of allylic oxidation sites excluding steroid dienone is 12. The lowest BCUT2D eigenvalue weighted by molar-refractivity contribution is 0.0548. The topological polar surface area (TPSA) is 210 Å². The van der Waals surface area contributed by atoms with Gasteiger partial charge in [0.1, 0.15) is 70.6 Å². The Kier molecular flexibility index (Phi) is 19.1. The molecule has 0 aromatic heterocycles. The summed E-state index contributed by atoms with van der Waals surface area (Å²) in [6.45, 7) is 16.0. The van der Waals surface area contributed by atoms with Crippen LogP contribution in [0.25, 0.3) is 0 Å². The second-order valence-corrected chi connectivity index (χ2v) is 17.6. The Morgan fingerprint density at radius 1 is 0.459 bits per heavy atom. The van der Waals surface area contributed by atoms with Crippen molar-refractivity contribution in [3.05, 3.63) is 68.0 Å². The molecule has 326 valence electrons. The van der Waals surface area contributed by atoms with Gasteiger partial charge in [-0.3, -0.25) is 4.90 Å². The third kappa shape index (κ3) is 15.1. The average Bonchev–Trinajstić information content (AvgIpc) is 3.20. The van der Waals surface area contributed by atoms with Crippen LogP contribution in [0.4, 0.5) is 13.2 Å². The van der Waals surface area contributed by atoms with E-state index in [1.807, 2.05) is 41.5 Å². The zero-order chi connectivity index (χ0) is 45.2. The van der Waals surface area contributed by atoms with Gasteiger partial charge in [0.25, 0.3) is 0 Å². The summed E-state index contributed by atoms with van der Waals surface area (Å²) < 4.78 is 63.5. The number of rotatable bonds is 21. The van der Waals surface area contributed by atoms with Gasteiger partial charge in [-0.05, 0) is 54.8 Å². The second kappa shape index (κ2) is 23.4. The summed E-state index contributed by atoms with van der Waals surface area (Å²) in [4.78, 5) is 2.09. The Balaban J connectivity index is 1.54. The molecular weight excluding hydrogens is 786 g/mol. The van der Waals surface area contributed by atoms with Crippen molar-refractivity contribution in [2.45, 2.75) is 80.1 Å². The highest BCUT2D eigenvalue weighted by molar-refractivity contribution is 5.52. The predicted molar refractivity (Wildman–Crippen MR) is 221 cm³/mol. The maximum absolute atomic E-state index is 15.3. The predicted octanol–water partition coefficient (Wildman–Crippen LogP) is 7.14. The first-order valence-corrected chi connectivity index (χ1v) is 20.4. The smallest absolute Gasteiger partial charge is 0.147 e. The van der Waals surface area contributed by atoms with Gasteiger partial charge in [-0.1, -0.05) is 41.5 Å². The third-order valence-electron chi connectivity index (χ3n) is 10.5. The van der Waals surface area contributed by atoms with Gasteiger partial charge >= 0.3 is 0 Å². The SMILES string of the molecule is CC1(C)CC(NCCOCCN(CCOCCNC2=C(F)C(=C(C#N)C#N)CC(C)(C)C2)CCOCCNC2=C(F)C(=C(C#N)C#N)CC(C)(C)C2)=C(F)C(=C(C#N)C#N)C1. The monoisotopic (exact) mass is 842 g/mol. The molecule has 0 heterocycles. The van der Waals surface area contributed by atoms with Crippen LogP contribution in [0.1, 0.15) is 80.1 Å². The lowest BCUT2D eigenvalue weighted by Gasteiger charge is -2.33. The molecule has 0 amide bonds. The molecule has 61 heavy (non-hydrogen) atoms. The van der Waals surface area contributed by atoms with Crippen molar-refractivity contribution in [3.8, 4) is 36.4 Å². The second-order valence-electron chi connectivity index (χ2n) is 17.6. The van der Waals surface area contributed by atoms with Crippen LogP contribution >= 0.6 is 0 Å². The van der Waals surface area contributed by atoms with Gasteiger partial charge < -0.3 is 30.2 Å². The summed E-state index contributed by atoms with van der Waals surface area (Å²) in [6, 6.07) is 10.8. The molecule has 0 atom stereocenters. The molecule has 0 radical (unpaired) electrons. The molecule has 0 saturated carbocycles. The van der Waals surface area contributed by atoms with Crippen LogP contribution in [0, 0.1) is 84.2 Å². The van der Waals surface area contributed by atoms with E-state index >= 15 is 13.2 Å². The fourth-order valence-electron chi connectivity index (χ4n) is 7.61. The van der Waals surface area contributed by atoms with E-state index in [1.54, 1.807) is 36.4 Å². The zero-order valence-electron chi connectivity index (χ0n) is 36.2. The molecule has 0 bridgehead atoms. The normalized spacial score (nSPS) is 18.0. The van der Waals surface area contributed by atoms with Crippen molar-refractivity contribution < 1.29 is 27.4 Å². The van der Waals surface area contributed by atoms with E-state index < -0.39 is 17.5 Å². The molecule has 3 N–H and O–H groups in total. The molecule has 0 saturated heterocycles. The molecule has 13 nitrogen and oxygen atoms in total. The van der Waals surface area contributed by atoms with Crippen molar-refractivity contribution in [1.82, 2.24) is 20.9 Å². The van der Waals surface area contributed by atoms with E-state index in [-0.39, 0.29) is 88.8 Å². The standard InChI is InChI=1S/C45H57F3N10O3/c1-43(2)19-34(31(25-49)26-50)40(46)37(22-43)55-7-13-59-16-10-58(11-17-60-14-8-56-38-23-44(3,4)20-35(41(38)47)32(27-51)28-52)12-18-61-15-9-57-39-24-45(5,6)21-36(42(39)48)33(29-53)30-54/h55-57H,7-24H2,1-6H3. The van der Waals surface area contributed by atoms with Crippen LogP contribution in [0.2, 0.25) is 0 Å². The van der Waals surface area contributed by atoms with Gasteiger partial charge in [0.05, 0.1) is 39.6 Å². The number of halogens is 3. The Morgan fingerprint density at radius 3 is 0.934 bits per heavy atom. The summed E-state index contributed by atoms with van der Waals surface area (Å²) in [7, 11) is 0. The highest BCUT2D eigenvalue weighted by Gasteiger charge is 2.35. The lowest BCUT2D eigenvalue weighted by Crippen LogP contribution is -2.35. The zero-order valence-corrected chi connectivity index (χ0v) is 36.2. The Labute approximate surface area is 358 Å². The molecule has 3 aliphatic rings. The fourth-order valence-corrected chi connectivity index (χ4v) is 7.61. The number of hydrogen-bond donors (Lipinski definition) is 3. The fraction of sp³-hybridized carbons (Fsp3) is 0.600. The van der Waals surface area contributed by atoms with Crippen LogP contribution in [0.5, 0.6) is 0 Å². The third-order valence-corrected chi connectivity index (χ3v) is 10.5. The molecule has 3 aliphatic carbocycles. The molecule has 0 fully saturated rings. The van der Waals surface area contributed by atoms with Crippen LogP contribution in [-0.4, -0.2) is 83.8 Å². The number of hydrogen-bond acceptors (Lipinski definition) is 13. The van der Waals surface area contributed by atoms with Gasteiger partial charge in [-0.25, -0.2) is 13.2 Å². The highest BCUT2D eigenvalue weighted by atomic mass is 19.1. The lowest BCUT2D eigenvalue weighted by atomic mass is 9.75. The number of nitrogens with one attached hydrogen (secondary N) is 3. The first-order valence-electron chi connectivity index (χ1n) is 20.4. The van der Waals surface area contributed by atoms with Crippen LogP contribution in [0.15, 0.2) is 68.0 Å². The summed E-state index contributed by atoms with van der Waals surface area (Å²) >= 11 is 0. The number of nitrogens with zero attached hydrogens (tertiary/aromatic N) is 7. The van der Waals surface area contributed by atoms with Crippen molar-refractivity contribution in [2.75, 3.05) is 78.9 Å². The van der Waals surface area contributed by atoms with Crippen molar-refractivity contribution in [1.29, 1.82) is 31.6 Å². The Morgan fingerprint density at radius 2 is 0.705 bits per heavy atom. The number of nitriles is 6. The Hall–Kier alpha value is -5.59. The molecular formula is C45H57F3N10O3. The maximum Gasteiger partial charge on any atom is 0.147 e. The van der Waals surface area contributed by atoms with Crippen LogP contribution < -0.4 is 16.0 Å². The van der Waals surface area contributed by atoms with E-state index in [1.165, 1.54) is 0 Å². The minimum Gasteiger partial charge on any atom is -0.384 e. The molecule has 0 aromatic rings. The van der Waals surface area contributed by atoms with E-state index in [9.17, 15) is 31.6 Å². The Bertz CT molecular complexity index is 1790. The van der Waals surface area contributed by atoms with Crippen molar-refractivity contribution in [3.63, 3.8) is 0 Å². The van der Waals surface area contributed by atoms with E-state index in [2.05, 4.69) is 20.9 Å². The molecule has 16 heteroatoms. The van der Waals surface area contributed by atoms with Gasteiger partial charge in [-0.2, -0.15) is 31.6 Å². The highest BCUT2D eigenvalue weighted by Crippen LogP contribution is 2.44. The van der Waals surface area contributed by atoms with Crippen LogP contribution in [0.3, 0.4) is 0 Å². The summed E-state index contributed by atoms with van der Waals surface area (Å²) in [5.41, 5.74) is -0.323. The largest absolute Gasteiger partial charge is 0.384 e. The first-order chi connectivity index (χ1) is 28.9. The minimum atomic E-state index is -0.565. The van der Waals surface area contributed by atoms with Crippen molar-refractivity contribution >= 4 is 0 Å². The molecule has 0 spiro atoms. The summed E-state index contributed by atoms with van der Waals surface area (Å²) in [5, 5.41) is 65.2. The van der Waals surface area contributed by atoms with Gasteiger partial charge in [0, 0.05) is 73.1 Å². The van der Waals surface area contributed by atoms with Gasteiger partial charge in [-0.15, -0.1) is 0 Å². The van der Waals surface area contributed by atoms with Crippen molar-refractivity contribution in [2.24, 2.45) is 16.2 Å². The first kappa shape index (κ1) is 49.8. The molecule has 0 unspecified atom stereocenters. The average molecular weight is 843 g/mol. The molecule has 0 aromatic carbocycles. The molecule has 0 aliphatic heterocycles. The summed E-state index contributed by atoms with van der Waals surface area (Å²) in [6.07, 6.45) is 2.12. The van der Waals surface area contributed by atoms with Gasteiger partial charge in [0.2, 0.25) is 0 Å². The quantitative estimate of drug-likeness (QED) is 0.0776. The van der Waals surface area contributed by atoms with E-state index in [4.69, 9.17) is 14.2 Å². The minimum absolute atomic E-state index is 0.118. The van der Waals surface area contributed by atoms with E-state index in [0.29, 0.717) is 95.4 Å². The number of ether oxygens (including phenoxy) is 3. The maximum atomic E-state index is 15.3. The summed E-state index contributed by atoms with van der Waals surface area (Å²) in [5.74, 6) is -1.69.